The van der Waals surface area contributed by atoms with Gasteiger partial charge in [0.05, 0.1) is 11.3 Å². The van der Waals surface area contributed by atoms with Crippen molar-refractivity contribution in [3.63, 3.8) is 0 Å². The lowest BCUT2D eigenvalue weighted by atomic mass is 9.88. The largest absolute Gasteiger partial charge is 0.355 e. The Morgan fingerprint density at radius 3 is 2.02 bits per heavy atom. The van der Waals surface area contributed by atoms with Crippen molar-refractivity contribution in [2.45, 2.75) is 49.8 Å². The van der Waals surface area contributed by atoms with Crippen LogP contribution in [0.2, 0.25) is 0 Å². The SMILES string of the molecule is Cc1ccccc1CCNC(=O)Cc1ccc(CC(CCC(=O)NS(=O)(=O)c2ccccc2)c2ccccc2)cc1. The minimum absolute atomic E-state index is 0.00929. The number of nitrogens with one attached hydrogen (secondary N) is 2. The molecule has 1 unspecified atom stereocenters. The molecule has 0 aromatic heterocycles. The zero-order valence-corrected chi connectivity index (χ0v) is 24.1. The van der Waals surface area contributed by atoms with E-state index < -0.39 is 15.9 Å². The van der Waals surface area contributed by atoms with Crippen LogP contribution in [0.3, 0.4) is 0 Å². The Morgan fingerprint density at radius 1 is 0.732 bits per heavy atom. The van der Waals surface area contributed by atoms with E-state index in [1.807, 2.05) is 66.7 Å². The van der Waals surface area contributed by atoms with Gasteiger partial charge in [-0.05, 0) is 72.1 Å². The topological polar surface area (TPSA) is 92.3 Å². The van der Waals surface area contributed by atoms with Gasteiger partial charge in [-0.25, -0.2) is 13.1 Å². The Morgan fingerprint density at radius 2 is 1.34 bits per heavy atom. The van der Waals surface area contributed by atoms with Crippen molar-refractivity contribution in [1.29, 1.82) is 0 Å². The fraction of sp³-hybridized carbons (Fsp3) is 0.235. The highest BCUT2D eigenvalue weighted by Crippen LogP contribution is 2.26. The van der Waals surface area contributed by atoms with Crippen LogP contribution in [0.25, 0.3) is 0 Å². The summed E-state index contributed by atoms with van der Waals surface area (Å²) in [4.78, 5) is 25.2. The van der Waals surface area contributed by atoms with Gasteiger partial charge < -0.3 is 5.32 Å². The smallest absolute Gasteiger partial charge is 0.264 e. The number of sulfonamides is 1. The van der Waals surface area contributed by atoms with Gasteiger partial charge in [0.15, 0.2) is 0 Å². The predicted octanol–water partition coefficient (Wildman–Crippen LogP) is 5.51. The lowest BCUT2D eigenvalue weighted by Gasteiger charge is -2.18. The third-order valence-electron chi connectivity index (χ3n) is 7.14. The molecule has 6 nitrogen and oxygen atoms in total. The fourth-order valence-corrected chi connectivity index (χ4v) is 5.86. The minimum Gasteiger partial charge on any atom is -0.355 e. The molecule has 4 rings (SSSR count). The number of carbonyl (C=O) groups excluding carboxylic acids is 2. The molecule has 0 bridgehead atoms. The first-order valence-corrected chi connectivity index (χ1v) is 15.3. The number of hydrogen-bond acceptors (Lipinski definition) is 4. The number of aryl methyl sites for hydroxylation is 1. The first-order valence-electron chi connectivity index (χ1n) is 13.8. The maximum absolute atomic E-state index is 12.6. The molecule has 1 atom stereocenters. The van der Waals surface area contributed by atoms with Gasteiger partial charge in [0.1, 0.15) is 0 Å². The minimum atomic E-state index is -3.90. The van der Waals surface area contributed by atoms with E-state index in [1.54, 1.807) is 18.2 Å². The summed E-state index contributed by atoms with van der Waals surface area (Å²) in [7, 11) is -3.90. The molecule has 41 heavy (non-hydrogen) atoms. The number of hydrogen-bond donors (Lipinski definition) is 2. The van der Waals surface area contributed by atoms with Crippen LogP contribution in [0.5, 0.6) is 0 Å². The second-order valence-corrected chi connectivity index (χ2v) is 11.9. The van der Waals surface area contributed by atoms with E-state index in [4.69, 9.17) is 0 Å². The van der Waals surface area contributed by atoms with Crippen LogP contribution in [0.4, 0.5) is 0 Å². The van der Waals surface area contributed by atoms with E-state index in [9.17, 15) is 18.0 Å². The highest BCUT2D eigenvalue weighted by atomic mass is 32.2. The number of benzene rings is 4. The van der Waals surface area contributed by atoms with Crippen LogP contribution in [-0.2, 0) is 38.9 Å². The van der Waals surface area contributed by atoms with Crippen molar-refractivity contribution in [3.05, 3.63) is 137 Å². The van der Waals surface area contributed by atoms with Crippen molar-refractivity contribution in [2.75, 3.05) is 6.54 Å². The van der Waals surface area contributed by atoms with E-state index in [0.29, 0.717) is 25.8 Å². The van der Waals surface area contributed by atoms with Gasteiger partial charge in [0.2, 0.25) is 11.8 Å². The monoisotopic (exact) mass is 568 g/mol. The molecule has 2 amide bonds. The van der Waals surface area contributed by atoms with Gasteiger partial charge >= 0.3 is 0 Å². The number of amides is 2. The van der Waals surface area contributed by atoms with Gasteiger partial charge in [-0.3, -0.25) is 9.59 Å². The Bertz CT molecular complexity index is 1540. The molecule has 0 saturated carbocycles. The van der Waals surface area contributed by atoms with E-state index in [-0.39, 0.29) is 23.1 Å². The van der Waals surface area contributed by atoms with Crippen LogP contribution in [-0.4, -0.2) is 26.8 Å². The lowest BCUT2D eigenvalue weighted by molar-refractivity contribution is -0.120. The summed E-state index contributed by atoms with van der Waals surface area (Å²) in [5.74, 6) is -0.513. The molecule has 0 aliphatic heterocycles. The van der Waals surface area contributed by atoms with Crippen LogP contribution in [0.1, 0.15) is 46.6 Å². The van der Waals surface area contributed by atoms with E-state index in [1.165, 1.54) is 23.3 Å². The Labute approximate surface area is 242 Å². The molecule has 2 N–H and O–H groups in total. The van der Waals surface area contributed by atoms with Gasteiger partial charge in [-0.15, -0.1) is 0 Å². The molecule has 0 fully saturated rings. The molecule has 4 aromatic rings. The summed E-state index contributed by atoms with van der Waals surface area (Å²) in [6, 6.07) is 34.0. The highest BCUT2D eigenvalue weighted by molar-refractivity contribution is 7.90. The summed E-state index contributed by atoms with van der Waals surface area (Å²) in [6.45, 7) is 2.67. The predicted molar refractivity (Wildman–Crippen MR) is 162 cm³/mol. The zero-order valence-electron chi connectivity index (χ0n) is 23.3. The maximum Gasteiger partial charge on any atom is 0.264 e. The van der Waals surface area contributed by atoms with Crippen molar-refractivity contribution >= 4 is 21.8 Å². The second kappa shape index (κ2) is 14.4. The molecular weight excluding hydrogens is 532 g/mol. The molecular formula is C34H36N2O4S. The number of rotatable bonds is 13. The average molecular weight is 569 g/mol. The van der Waals surface area contributed by atoms with E-state index in [2.05, 4.69) is 29.1 Å². The first-order chi connectivity index (χ1) is 19.8. The Kier molecular flexibility index (Phi) is 10.5. The summed E-state index contributed by atoms with van der Waals surface area (Å²) < 4.78 is 27.3. The highest BCUT2D eigenvalue weighted by Gasteiger charge is 2.20. The zero-order chi connectivity index (χ0) is 29.1. The summed E-state index contributed by atoms with van der Waals surface area (Å²) in [5.41, 5.74) is 5.57. The van der Waals surface area contributed by atoms with Crippen molar-refractivity contribution in [1.82, 2.24) is 10.0 Å². The molecule has 7 heteroatoms. The normalized spacial score (nSPS) is 11.9. The van der Waals surface area contributed by atoms with Gasteiger partial charge in [0.25, 0.3) is 10.0 Å². The third-order valence-corrected chi connectivity index (χ3v) is 8.53. The lowest BCUT2D eigenvalue weighted by Crippen LogP contribution is -2.30. The van der Waals surface area contributed by atoms with Gasteiger partial charge in [0, 0.05) is 13.0 Å². The second-order valence-electron chi connectivity index (χ2n) is 10.2. The van der Waals surface area contributed by atoms with Gasteiger partial charge in [-0.1, -0.05) is 97.1 Å². The van der Waals surface area contributed by atoms with Crippen LogP contribution < -0.4 is 10.0 Å². The molecule has 0 aliphatic rings. The van der Waals surface area contributed by atoms with Crippen molar-refractivity contribution in [3.8, 4) is 0 Å². The third kappa shape index (κ3) is 9.15. The molecule has 0 heterocycles. The van der Waals surface area contributed by atoms with E-state index in [0.717, 1.165) is 23.1 Å². The van der Waals surface area contributed by atoms with Crippen LogP contribution in [0.15, 0.2) is 114 Å². The molecule has 212 valence electrons. The van der Waals surface area contributed by atoms with Crippen molar-refractivity contribution in [2.24, 2.45) is 0 Å². The van der Waals surface area contributed by atoms with Gasteiger partial charge in [-0.2, -0.15) is 0 Å². The quantitative estimate of drug-likeness (QED) is 0.223. The molecule has 0 spiro atoms. The Hall–Kier alpha value is -4.23. The average Bonchev–Trinajstić information content (AvgIpc) is 2.98. The molecule has 0 aliphatic carbocycles. The number of carbonyl (C=O) groups is 2. The van der Waals surface area contributed by atoms with E-state index >= 15 is 0 Å². The molecule has 0 saturated heterocycles. The molecule has 4 aromatic carbocycles. The summed E-state index contributed by atoms with van der Waals surface area (Å²) in [5, 5.41) is 3.01. The maximum atomic E-state index is 12.6. The Balaban J connectivity index is 1.31. The summed E-state index contributed by atoms with van der Waals surface area (Å²) >= 11 is 0. The van der Waals surface area contributed by atoms with Crippen LogP contribution in [0, 0.1) is 6.92 Å². The molecule has 0 radical (unpaired) electrons. The first kappa shape index (κ1) is 29.7. The van der Waals surface area contributed by atoms with Crippen LogP contribution >= 0.6 is 0 Å². The standard InChI is InChI=1S/C34H36N2O4S/c1-26-10-8-9-11-29(26)22-23-35-34(38)25-28-18-16-27(17-19-28)24-31(30-12-4-2-5-13-30)20-21-33(37)36-41(39,40)32-14-6-3-7-15-32/h2-19,31H,20-25H2,1H3,(H,35,38)(H,36,37). The summed E-state index contributed by atoms with van der Waals surface area (Å²) in [6.07, 6.45) is 2.36. The van der Waals surface area contributed by atoms with Crippen molar-refractivity contribution < 1.29 is 18.0 Å². The fourth-order valence-electron chi connectivity index (χ4n) is 4.83.